The van der Waals surface area contributed by atoms with Crippen molar-refractivity contribution in [2.45, 2.75) is 25.6 Å². The van der Waals surface area contributed by atoms with Crippen LogP contribution in [0.4, 0.5) is 0 Å². The van der Waals surface area contributed by atoms with Gasteiger partial charge in [-0.15, -0.1) is 0 Å². The molecule has 8 nitrogen and oxygen atoms in total. The molecule has 0 aromatic carbocycles. The first-order valence-corrected chi connectivity index (χ1v) is 6.33. The fraction of sp³-hybridized carbons (Fsp3) is 0.615. The number of carboxylic acid groups (broad SMARTS) is 2. The van der Waals surface area contributed by atoms with E-state index in [1.165, 1.54) is 6.92 Å². The van der Waals surface area contributed by atoms with Crippen LogP contribution < -0.4 is 0 Å². The van der Waals surface area contributed by atoms with Crippen LogP contribution >= 0.6 is 0 Å². The summed E-state index contributed by atoms with van der Waals surface area (Å²) in [7, 11) is 0. The summed E-state index contributed by atoms with van der Waals surface area (Å²) in [5, 5.41) is 17.8. The third-order valence-corrected chi connectivity index (χ3v) is 2.81. The molecule has 0 amide bonds. The third kappa shape index (κ3) is 5.92. The van der Waals surface area contributed by atoms with E-state index in [4.69, 9.17) is 24.4 Å². The minimum Gasteiger partial charge on any atom is -0.481 e. The average Bonchev–Trinajstić information content (AvgIpc) is 3.20. The molecule has 0 spiro atoms. The van der Waals surface area contributed by atoms with E-state index < -0.39 is 42.5 Å². The molecule has 1 rings (SSSR count). The first kappa shape index (κ1) is 17.1. The van der Waals surface area contributed by atoms with Crippen LogP contribution in [0.1, 0.15) is 13.3 Å². The Morgan fingerprint density at radius 3 is 2.38 bits per heavy atom. The average molecular weight is 302 g/mol. The number of hydrogen-bond donors (Lipinski definition) is 2. The molecular weight excluding hydrogens is 284 g/mol. The highest BCUT2D eigenvalue weighted by atomic mass is 16.6. The Balaban J connectivity index is 2.49. The van der Waals surface area contributed by atoms with Crippen LogP contribution in [0, 0.1) is 5.92 Å². The lowest BCUT2D eigenvalue weighted by molar-refractivity contribution is -0.156. The van der Waals surface area contributed by atoms with Crippen LogP contribution in [0.3, 0.4) is 0 Å². The minimum absolute atomic E-state index is 0.0487. The van der Waals surface area contributed by atoms with Gasteiger partial charge in [-0.1, -0.05) is 6.58 Å². The van der Waals surface area contributed by atoms with E-state index >= 15 is 0 Å². The van der Waals surface area contributed by atoms with Gasteiger partial charge in [0.2, 0.25) is 0 Å². The van der Waals surface area contributed by atoms with Crippen LogP contribution in [-0.4, -0.2) is 60.1 Å². The Morgan fingerprint density at radius 2 is 1.95 bits per heavy atom. The molecule has 0 aliphatic carbocycles. The molecule has 0 aromatic rings. The summed E-state index contributed by atoms with van der Waals surface area (Å²) in [5.41, 5.74) is 0.242. The number of epoxide rings is 1. The van der Waals surface area contributed by atoms with Gasteiger partial charge in [0, 0.05) is 5.57 Å². The van der Waals surface area contributed by atoms with Gasteiger partial charge in [-0.25, -0.2) is 4.79 Å². The third-order valence-electron chi connectivity index (χ3n) is 2.81. The summed E-state index contributed by atoms with van der Waals surface area (Å²) in [6.45, 7) is 5.11. The normalized spacial score (nSPS) is 19.4. The first-order valence-electron chi connectivity index (χ1n) is 6.33. The summed E-state index contributed by atoms with van der Waals surface area (Å²) in [4.78, 5) is 33.0. The summed E-state index contributed by atoms with van der Waals surface area (Å²) < 4.78 is 15.1. The van der Waals surface area contributed by atoms with Gasteiger partial charge in [0.1, 0.15) is 12.7 Å². The van der Waals surface area contributed by atoms with Crippen molar-refractivity contribution in [3.8, 4) is 0 Å². The van der Waals surface area contributed by atoms with Crippen molar-refractivity contribution >= 4 is 17.9 Å². The molecule has 1 saturated heterocycles. The molecule has 0 bridgehead atoms. The molecule has 0 aromatic heterocycles. The summed E-state index contributed by atoms with van der Waals surface area (Å²) >= 11 is 0. The van der Waals surface area contributed by atoms with E-state index in [2.05, 4.69) is 6.58 Å². The number of aliphatic carboxylic acids is 2. The fourth-order valence-electron chi connectivity index (χ4n) is 1.70. The summed E-state index contributed by atoms with van der Waals surface area (Å²) in [5.74, 6) is -4.29. The van der Waals surface area contributed by atoms with Gasteiger partial charge in [-0.2, -0.15) is 0 Å². The van der Waals surface area contributed by atoms with Crippen molar-refractivity contribution < 1.29 is 38.8 Å². The van der Waals surface area contributed by atoms with Crippen molar-refractivity contribution in [3.05, 3.63) is 12.2 Å². The van der Waals surface area contributed by atoms with Crippen molar-refractivity contribution in [2.24, 2.45) is 5.92 Å². The number of carbonyl (C=O) groups is 3. The number of carboxylic acids is 2. The smallest absolute Gasteiger partial charge is 0.333 e. The lowest BCUT2D eigenvalue weighted by Crippen LogP contribution is -2.37. The van der Waals surface area contributed by atoms with Gasteiger partial charge in [-0.3, -0.25) is 9.59 Å². The Hall–Kier alpha value is -1.93. The van der Waals surface area contributed by atoms with E-state index in [9.17, 15) is 14.4 Å². The van der Waals surface area contributed by atoms with Crippen LogP contribution in [0.2, 0.25) is 0 Å². The predicted molar refractivity (Wildman–Crippen MR) is 68.6 cm³/mol. The molecule has 1 fully saturated rings. The lowest BCUT2D eigenvalue weighted by atomic mass is 9.96. The molecule has 118 valence electrons. The molecule has 1 aliphatic rings. The minimum atomic E-state index is -1.27. The molecule has 8 heteroatoms. The topological polar surface area (TPSA) is 123 Å². The van der Waals surface area contributed by atoms with Gasteiger partial charge in [0.15, 0.2) is 0 Å². The molecule has 0 saturated carbocycles. The summed E-state index contributed by atoms with van der Waals surface area (Å²) in [6, 6.07) is 0. The van der Waals surface area contributed by atoms with Crippen LogP contribution in [-0.2, 0) is 28.6 Å². The molecule has 21 heavy (non-hydrogen) atoms. The number of esters is 1. The lowest BCUT2D eigenvalue weighted by Gasteiger charge is -2.21. The molecular formula is C13H18O8. The maximum absolute atomic E-state index is 11.1. The zero-order valence-corrected chi connectivity index (χ0v) is 11.6. The first-order chi connectivity index (χ1) is 9.82. The molecule has 1 aliphatic heterocycles. The predicted octanol–water partition coefficient (Wildman–Crippen LogP) is 0.0652. The zero-order chi connectivity index (χ0) is 16.0. The highest BCUT2D eigenvalue weighted by Crippen LogP contribution is 2.26. The maximum atomic E-state index is 11.1. The zero-order valence-electron chi connectivity index (χ0n) is 11.6. The van der Waals surface area contributed by atoms with Gasteiger partial charge >= 0.3 is 17.9 Å². The van der Waals surface area contributed by atoms with Crippen molar-refractivity contribution in [1.82, 2.24) is 0 Å². The van der Waals surface area contributed by atoms with E-state index in [-0.39, 0.29) is 18.8 Å². The Morgan fingerprint density at radius 1 is 1.33 bits per heavy atom. The van der Waals surface area contributed by atoms with Gasteiger partial charge in [0.05, 0.1) is 31.7 Å². The monoisotopic (exact) mass is 302 g/mol. The SMILES string of the molecule is C=C(C)C(=O)OCCOC(C1CO1)C(CC(=O)O)C(=O)O. The molecule has 0 radical (unpaired) electrons. The highest BCUT2D eigenvalue weighted by molar-refractivity contribution is 5.86. The second-order valence-electron chi connectivity index (χ2n) is 4.67. The molecule has 3 unspecified atom stereocenters. The Bertz CT molecular complexity index is 426. The van der Waals surface area contributed by atoms with Crippen LogP contribution in [0.25, 0.3) is 0 Å². The number of carbonyl (C=O) groups excluding carboxylic acids is 1. The maximum Gasteiger partial charge on any atom is 0.333 e. The van der Waals surface area contributed by atoms with Gasteiger partial charge < -0.3 is 24.4 Å². The van der Waals surface area contributed by atoms with E-state index in [1.807, 2.05) is 0 Å². The Labute approximate surface area is 121 Å². The molecule has 2 N–H and O–H groups in total. The summed E-state index contributed by atoms with van der Waals surface area (Å²) in [6.07, 6.45) is -1.89. The van der Waals surface area contributed by atoms with Crippen molar-refractivity contribution in [2.75, 3.05) is 19.8 Å². The van der Waals surface area contributed by atoms with Crippen molar-refractivity contribution in [1.29, 1.82) is 0 Å². The van der Waals surface area contributed by atoms with E-state index in [0.717, 1.165) is 0 Å². The Kier molecular flexibility index (Phi) is 6.32. The second kappa shape index (κ2) is 7.75. The van der Waals surface area contributed by atoms with Crippen LogP contribution in [0.5, 0.6) is 0 Å². The number of rotatable bonds is 10. The quantitative estimate of drug-likeness (QED) is 0.251. The number of hydrogen-bond acceptors (Lipinski definition) is 6. The largest absolute Gasteiger partial charge is 0.481 e. The van der Waals surface area contributed by atoms with E-state index in [0.29, 0.717) is 6.61 Å². The standard InChI is InChI=1S/C13H18O8/c1-7(2)13(18)20-4-3-19-11(9-6-21-9)8(12(16)17)5-10(14)15/h8-9,11H,1,3-6H2,2H3,(H,14,15)(H,16,17). The second-order valence-corrected chi connectivity index (χ2v) is 4.67. The van der Waals surface area contributed by atoms with Crippen molar-refractivity contribution in [3.63, 3.8) is 0 Å². The highest BCUT2D eigenvalue weighted by Gasteiger charge is 2.43. The fourth-order valence-corrected chi connectivity index (χ4v) is 1.70. The van der Waals surface area contributed by atoms with E-state index in [1.54, 1.807) is 0 Å². The van der Waals surface area contributed by atoms with Gasteiger partial charge in [-0.05, 0) is 6.92 Å². The van der Waals surface area contributed by atoms with Gasteiger partial charge in [0.25, 0.3) is 0 Å². The van der Waals surface area contributed by atoms with Crippen LogP contribution in [0.15, 0.2) is 12.2 Å². The molecule has 3 atom stereocenters. The molecule has 1 heterocycles. The number of ether oxygens (including phenoxy) is 3.